The van der Waals surface area contributed by atoms with Crippen LogP contribution in [0.3, 0.4) is 0 Å². The minimum absolute atomic E-state index is 0.272. The standard InChI is InChI=1S/C7H7ClN4OS/c1-4-3-5(12(2)9-4)13-7-6(8)10-14-11-7/h3H,1-2H3. The summed E-state index contributed by atoms with van der Waals surface area (Å²) in [5.41, 5.74) is 0.877. The maximum absolute atomic E-state index is 5.73. The summed E-state index contributed by atoms with van der Waals surface area (Å²) in [6, 6.07) is 1.80. The van der Waals surface area contributed by atoms with Crippen molar-refractivity contribution in [2.75, 3.05) is 0 Å². The van der Waals surface area contributed by atoms with Crippen molar-refractivity contribution in [1.29, 1.82) is 0 Å². The average molecular weight is 231 g/mol. The van der Waals surface area contributed by atoms with E-state index in [0.29, 0.717) is 11.8 Å². The van der Waals surface area contributed by atoms with Crippen LogP contribution in [0.4, 0.5) is 0 Å². The predicted octanol–water partition coefficient (Wildman–Crippen LogP) is 2.03. The van der Waals surface area contributed by atoms with Crippen LogP contribution in [-0.2, 0) is 7.05 Å². The Balaban J connectivity index is 2.27. The molecule has 2 aromatic heterocycles. The molecule has 0 N–H and O–H groups in total. The molecule has 2 rings (SSSR count). The fourth-order valence-corrected chi connectivity index (χ4v) is 1.62. The van der Waals surface area contributed by atoms with E-state index in [0.717, 1.165) is 17.4 Å². The molecule has 0 aliphatic carbocycles. The highest BCUT2D eigenvalue weighted by Crippen LogP contribution is 2.26. The molecule has 0 saturated carbocycles. The Kier molecular flexibility index (Phi) is 2.39. The third kappa shape index (κ3) is 1.71. The van der Waals surface area contributed by atoms with Crippen LogP contribution >= 0.6 is 23.3 Å². The molecule has 0 amide bonds. The lowest BCUT2D eigenvalue weighted by molar-refractivity contribution is 0.419. The van der Waals surface area contributed by atoms with Crippen molar-refractivity contribution in [3.8, 4) is 11.8 Å². The largest absolute Gasteiger partial charge is 0.417 e. The second-order valence-corrected chi connectivity index (χ2v) is 3.60. The minimum atomic E-state index is 0.272. The van der Waals surface area contributed by atoms with Crippen molar-refractivity contribution in [2.45, 2.75) is 6.92 Å². The molecule has 0 fully saturated rings. The van der Waals surface area contributed by atoms with Crippen LogP contribution in [0.5, 0.6) is 11.8 Å². The van der Waals surface area contributed by atoms with Gasteiger partial charge in [0, 0.05) is 13.1 Å². The molecular weight excluding hydrogens is 224 g/mol. The van der Waals surface area contributed by atoms with Crippen molar-refractivity contribution < 1.29 is 4.74 Å². The molecule has 0 unspecified atom stereocenters. The Bertz CT molecular complexity index is 452. The molecular formula is C7H7ClN4OS. The number of nitrogens with zero attached hydrogens (tertiary/aromatic N) is 4. The van der Waals surface area contributed by atoms with Gasteiger partial charge in [-0.15, -0.1) is 4.37 Å². The molecule has 0 spiro atoms. The Labute approximate surface area is 89.6 Å². The molecule has 0 aliphatic rings. The maximum Gasteiger partial charge on any atom is 0.272 e. The zero-order valence-electron chi connectivity index (χ0n) is 7.56. The quantitative estimate of drug-likeness (QED) is 0.792. The summed E-state index contributed by atoms with van der Waals surface area (Å²) in [4.78, 5) is 0. The van der Waals surface area contributed by atoms with Crippen LogP contribution in [0.1, 0.15) is 5.69 Å². The normalized spacial score (nSPS) is 10.5. The van der Waals surface area contributed by atoms with Gasteiger partial charge in [-0.1, -0.05) is 11.6 Å². The molecule has 14 heavy (non-hydrogen) atoms. The van der Waals surface area contributed by atoms with Gasteiger partial charge in [-0.3, -0.25) is 0 Å². The monoisotopic (exact) mass is 230 g/mol. The van der Waals surface area contributed by atoms with Gasteiger partial charge in [0.2, 0.25) is 11.0 Å². The SMILES string of the molecule is Cc1cc(Oc2nsnc2Cl)n(C)n1. The van der Waals surface area contributed by atoms with Crippen molar-refractivity contribution in [2.24, 2.45) is 7.05 Å². The second-order valence-electron chi connectivity index (χ2n) is 2.71. The van der Waals surface area contributed by atoms with E-state index in [1.165, 1.54) is 0 Å². The van der Waals surface area contributed by atoms with Gasteiger partial charge in [0.25, 0.3) is 5.88 Å². The Hall–Kier alpha value is -1.14. The van der Waals surface area contributed by atoms with Gasteiger partial charge < -0.3 is 4.74 Å². The lowest BCUT2D eigenvalue weighted by atomic mass is 10.5. The molecule has 5 nitrogen and oxygen atoms in total. The molecule has 0 aliphatic heterocycles. The first-order valence-corrected chi connectivity index (χ1v) is 4.94. The Morgan fingerprint density at radius 1 is 1.50 bits per heavy atom. The fraction of sp³-hybridized carbons (Fsp3) is 0.286. The molecule has 2 aromatic rings. The number of aryl methyl sites for hydroxylation is 2. The van der Waals surface area contributed by atoms with Crippen LogP contribution in [0.25, 0.3) is 0 Å². The van der Waals surface area contributed by atoms with Crippen molar-refractivity contribution in [3.63, 3.8) is 0 Å². The zero-order chi connectivity index (χ0) is 10.1. The van der Waals surface area contributed by atoms with Crippen LogP contribution in [0, 0.1) is 6.92 Å². The van der Waals surface area contributed by atoms with Crippen LogP contribution < -0.4 is 4.74 Å². The summed E-state index contributed by atoms with van der Waals surface area (Å²) in [6.07, 6.45) is 0. The predicted molar refractivity (Wildman–Crippen MR) is 52.9 cm³/mol. The van der Waals surface area contributed by atoms with Gasteiger partial charge in [0.1, 0.15) is 0 Å². The number of halogens is 1. The third-order valence-corrected chi connectivity index (χ3v) is 2.44. The first-order valence-electron chi connectivity index (χ1n) is 3.83. The molecule has 7 heteroatoms. The lowest BCUT2D eigenvalue weighted by Crippen LogP contribution is -1.95. The summed E-state index contributed by atoms with van der Waals surface area (Å²) < 4.78 is 14.7. The van der Waals surface area contributed by atoms with Gasteiger partial charge in [0.15, 0.2) is 0 Å². The van der Waals surface area contributed by atoms with Gasteiger partial charge in [-0.25, -0.2) is 4.68 Å². The van der Waals surface area contributed by atoms with E-state index in [1.807, 2.05) is 6.92 Å². The van der Waals surface area contributed by atoms with Gasteiger partial charge >= 0.3 is 0 Å². The summed E-state index contributed by atoms with van der Waals surface area (Å²) in [5, 5.41) is 4.40. The topological polar surface area (TPSA) is 52.8 Å². The van der Waals surface area contributed by atoms with Gasteiger partial charge in [0.05, 0.1) is 17.4 Å². The van der Waals surface area contributed by atoms with E-state index >= 15 is 0 Å². The lowest BCUT2D eigenvalue weighted by Gasteiger charge is -2.00. The summed E-state index contributed by atoms with van der Waals surface area (Å²) in [6.45, 7) is 1.88. The van der Waals surface area contributed by atoms with Crippen LogP contribution in [-0.4, -0.2) is 18.5 Å². The first-order chi connectivity index (χ1) is 6.66. The van der Waals surface area contributed by atoms with E-state index in [2.05, 4.69) is 13.8 Å². The highest BCUT2D eigenvalue weighted by atomic mass is 35.5. The first kappa shape index (κ1) is 9.42. The average Bonchev–Trinajstić information content (AvgIpc) is 2.62. The fourth-order valence-electron chi connectivity index (χ4n) is 1.01. The van der Waals surface area contributed by atoms with Gasteiger partial charge in [-0.2, -0.15) is 9.47 Å². The highest BCUT2D eigenvalue weighted by Gasteiger charge is 2.10. The summed E-state index contributed by atoms with van der Waals surface area (Å²) >= 11 is 6.74. The second kappa shape index (κ2) is 3.55. The molecule has 0 aromatic carbocycles. The van der Waals surface area contributed by atoms with Crippen LogP contribution in [0.2, 0.25) is 5.15 Å². The number of hydrogen-bond acceptors (Lipinski definition) is 5. The van der Waals surface area contributed by atoms with Crippen molar-refractivity contribution in [1.82, 2.24) is 18.5 Å². The Morgan fingerprint density at radius 3 is 2.79 bits per heavy atom. The number of aromatic nitrogens is 4. The summed E-state index contributed by atoms with van der Waals surface area (Å²) in [7, 11) is 1.79. The smallest absolute Gasteiger partial charge is 0.272 e. The highest BCUT2D eigenvalue weighted by molar-refractivity contribution is 6.99. The van der Waals surface area contributed by atoms with E-state index in [9.17, 15) is 0 Å². The molecule has 0 saturated heterocycles. The zero-order valence-corrected chi connectivity index (χ0v) is 9.13. The number of ether oxygens (including phenoxy) is 1. The number of rotatable bonds is 2. The van der Waals surface area contributed by atoms with E-state index in [-0.39, 0.29) is 5.15 Å². The molecule has 0 radical (unpaired) electrons. The van der Waals surface area contributed by atoms with Gasteiger partial charge in [-0.05, 0) is 6.92 Å². The molecule has 2 heterocycles. The molecule has 0 atom stereocenters. The minimum Gasteiger partial charge on any atom is -0.417 e. The van der Waals surface area contributed by atoms with E-state index < -0.39 is 0 Å². The van der Waals surface area contributed by atoms with Crippen molar-refractivity contribution >= 4 is 23.3 Å². The third-order valence-electron chi connectivity index (χ3n) is 1.58. The van der Waals surface area contributed by atoms with Crippen molar-refractivity contribution in [3.05, 3.63) is 16.9 Å². The maximum atomic E-state index is 5.73. The van der Waals surface area contributed by atoms with E-state index in [4.69, 9.17) is 16.3 Å². The molecule has 0 bridgehead atoms. The summed E-state index contributed by atoms with van der Waals surface area (Å²) in [5.74, 6) is 0.914. The van der Waals surface area contributed by atoms with E-state index in [1.54, 1.807) is 17.8 Å². The molecule has 74 valence electrons. The Morgan fingerprint density at radius 2 is 2.29 bits per heavy atom. The number of hydrogen-bond donors (Lipinski definition) is 0. The van der Waals surface area contributed by atoms with Crippen LogP contribution in [0.15, 0.2) is 6.07 Å².